The minimum Gasteiger partial charge on any atom is -0.504 e. The predicted molar refractivity (Wildman–Crippen MR) is 329 cm³/mol. The van der Waals surface area contributed by atoms with Crippen LogP contribution in [0, 0.1) is 50.2 Å². The third kappa shape index (κ3) is 13.1. The van der Waals surface area contributed by atoms with Gasteiger partial charge in [-0.25, -0.2) is 4.79 Å². The van der Waals surface area contributed by atoms with Gasteiger partial charge in [-0.15, -0.1) is 0 Å². The van der Waals surface area contributed by atoms with Gasteiger partial charge in [0.1, 0.15) is 91.6 Å². The first-order chi connectivity index (χ1) is 44.6. The van der Waals surface area contributed by atoms with E-state index in [-0.39, 0.29) is 51.6 Å². The summed E-state index contributed by atoms with van der Waals surface area (Å²) in [5.41, 5.74) is 0.137. The number of phenolic OH excluding ortho intramolecular Hbond substituents is 1. The zero-order chi connectivity index (χ0) is 69.0. The van der Waals surface area contributed by atoms with Gasteiger partial charge in [-0.1, -0.05) is 66.2 Å². The Bertz CT molecular complexity index is 2950. The first-order valence-electron chi connectivity index (χ1n) is 33.7. The molecule has 4 saturated carbocycles. The van der Waals surface area contributed by atoms with Gasteiger partial charge in [0.25, 0.3) is 0 Å². The van der Waals surface area contributed by atoms with Gasteiger partial charge in [0.15, 0.2) is 49.1 Å². The van der Waals surface area contributed by atoms with Crippen LogP contribution in [0.15, 0.2) is 35.9 Å². The highest BCUT2D eigenvalue weighted by molar-refractivity contribution is 5.87. The Morgan fingerprint density at radius 2 is 1.29 bits per heavy atom. The van der Waals surface area contributed by atoms with Gasteiger partial charge in [0, 0.05) is 6.08 Å². The Balaban J connectivity index is 0.751. The highest BCUT2D eigenvalue weighted by atomic mass is 16.8. The Morgan fingerprint density at radius 3 is 2.00 bits per heavy atom. The number of fused-ring (bicyclic) bond motifs is 7. The number of phenols is 1. The minimum atomic E-state index is -2.03. The Hall–Kier alpha value is -3.60. The van der Waals surface area contributed by atoms with Gasteiger partial charge >= 0.3 is 11.9 Å². The van der Waals surface area contributed by atoms with Gasteiger partial charge in [0.2, 0.25) is 0 Å². The number of benzene rings is 1. The van der Waals surface area contributed by atoms with Crippen molar-refractivity contribution in [2.24, 2.45) is 50.2 Å². The van der Waals surface area contributed by atoms with E-state index < -0.39 is 183 Å². The fourth-order valence-corrected chi connectivity index (χ4v) is 18.6. The fourth-order valence-electron chi connectivity index (χ4n) is 18.6. The number of esters is 1. The first kappa shape index (κ1) is 72.6. The topological polar surface area (TPSA) is 408 Å². The number of hydrogen-bond donors (Lipinski definition) is 13. The number of carbonyl (C=O) groups is 2. The average Bonchev–Trinajstić information content (AvgIpc) is 0.676. The van der Waals surface area contributed by atoms with Crippen molar-refractivity contribution in [1.82, 2.24) is 0 Å². The molecule has 0 bridgehead atoms. The lowest BCUT2D eigenvalue weighted by molar-refractivity contribution is -0.383. The molecule has 95 heavy (non-hydrogen) atoms. The molecule has 9 fully saturated rings. The largest absolute Gasteiger partial charge is 0.504 e. The molecule has 5 heterocycles. The number of hydrogen-bond acceptors (Lipinski definition) is 26. The summed E-state index contributed by atoms with van der Waals surface area (Å²) in [4.78, 5) is 26.6. The molecule has 5 saturated heterocycles. The average molecular weight is 1350 g/mol. The molecule has 11 rings (SSSR count). The molecule has 5 aliphatic carbocycles. The normalized spacial score (nSPS) is 48.9. The van der Waals surface area contributed by atoms with Crippen molar-refractivity contribution in [3.63, 3.8) is 0 Å². The molecule has 31 unspecified atom stereocenters. The van der Waals surface area contributed by atoms with E-state index in [9.17, 15) is 76.0 Å². The Labute approximate surface area is 553 Å². The molecule has 27 heteroatoms. The van der Waals surface area contributed by atoms with E-state index in [0.717, 1.165) is 51.0 Å². The van der Waals surface area contributed by atoms with Crippen LogP contribution in [0.25, 0.3) is 6.08 Å². The van der Waals surface area contributed by atoms with Crippen LogP contribution in [-0.2, 0) is 61.7 Å². The highest BCUT2D eigenvalue weighted by Crippen LogP contribution is 2.76. The molecule has 5 aliphatic heterocycles. The maximum Gasteiger partial charge on any atom is 0.331 e. The van der Waals surface area contributed by atoms with Crippen molar-refractivity contribution in [2.75, 3.05) is 26.9 Å². The molecule has 1 aromatic carbocycles. The molecule has 0 amide bonds. The van der Waals surface area contributed by atoms with E-state index in [2.05, 4.69) is 54.5 Å². The number of aromatic hydroxyl groups is 1. The number of rotatable bonds is 16. The maximum absolute atomic E-state index is 13.4. The summed E-state index contributed by atoms with van der Waals surface area (Å²) in [5, 5.41) is 145. The lowest BCUT2D eigenvalue weighted by Gasteiger charge is -2.71. The van der Waals surface area contributed by atoms with Crippen LogP contribution in [0.4, 0.5) is 0 Å². The summed E-state index contributed by atoms with van der Waals surface area (Å²) in [6.07, 6.45) is -25.7. The second-order valence-electron chi connectivity index (χ2n) is 30.9. The molecular formula is C68H102O27. The summed E-state index contributed by atoms with van der Waals surface area (Å²) in [5.74, 6) is -1.36. The van der Waals surface area contributed by atoms with Crippen LogP contribution in [-0.4, -0.2) is 253 Å². The molecule has 13 N–H and O–H groups in total. The number of ether oxygens (including phenoxy) is 12. The monoisotopic (exact) mass is 1350 g/mol. The van der Waals surface area contributed by atoms with Gasteiger partial charge in [-0.3, -0.25) is 4.79 Å². The molecule has 0 aromatic heterocycles. The third-order valence-corrected chi connectivity index (χ3v) is 24.6. The van der Waals surface area contributed by atoms with Crippen molar-refractivity contribution in [1.29, 1.82) is 0 Å². The zero-order valence-electron chi connectivity index (χ0n) is 55.8. The quantitative estimate of drug-likeness (QED) is 0.0484. The Kier molecular flexibility index (Phi) is 20.9. The van der Waals surface area contributed by atoms with E-state index in [0.29, 0.717) is 30.7 Å². The molecular weight excluding hydrogens is 1250 g/mol. The van der Waals surface area contributed by atoms with Crippen LogP contribution in [0.5, 0.6) is 11.5 Å². The van der Waals surface area contributed by atoms with Crippen molar-refractivity contribution in [2.45, 2.75) is 274 Å². The summed E-state index contributed by atoms with van der Waals surface area (Å²) >= 11 is 0. The molecule has 0 spiro atoms. The molecule has 27 nitrogen and oxygen atoms in total. The molecule has 536 valence electrons. The van der Waals surface area contributed by atoms with Gasteiger partial charge in [0.05, 0.1) is 50.7 Å². The van der Waals surface area contributed by atoms with Crippen molar-refractivity contribution >= 4 is 18.0 Å². The number of aliphatic hydroxyl groups excluding tert-OH is 11. The van der Waals surface area contributed by atoms with Gasteiger partial charge in [-0.05, 0) is 147 Å². The number of methoxy groups -OCH3 is 1. The van der Waals surface area contributed by atoms with E-state index in [1.165, 1.54) is 50.8 Å². The number of carbonyl (C=O) groups excluding carboxylic acids is 1. The van der Waals surface area contributed by atoms with Crippen LogP contribution in [0.2, 0.25) is 0 Å². The van der Waals surface area contributed by atoms with Crippen molar-refractivity contribution < 1.29 is 133 Å². The molecule has 31 atom stereocenters. The van der Waals surface area contributed by atoms with Crippen LogP contribution in [0.1, 0.15) is 132 Å². The van der Waals surface area contributed by atoms with Crippen LogP contribution >= 0.6 is 0 Å². The Morgan fingerprint density at radius 1 is 0.621 bits per heavy atom. The van der Waals surface area contributed by atoms with Gasteiger partial charge < -0.3 is 123 Å². The summed E-state index contributed by atoms with van der Waals surface area (Å²) in [6.45, 7) is 17.6. The molecule has 10 aliphatic rings. The first-order valence-corrected chi connectivity index (χ1v) is 33.7. The van der Waals surface area contributed by atoms with E-state index in [1.807, 2.05) is 0 Å². The second kappa shape index (κ2) is 27.4. The van der Waals surface area contributed by atoms with Crippen molar-refractivity contribution in [3.05, 3.63) is 41.5 Å². The lowest BCUT2D eigenvalue weighted by Crippen LogP contribution is -2.66. The zero-order valence-corrected chi connectivity index (χ0v) is 55.8. The van der Waals surface area contributed by atoms with E-state index in [4.69, 9.17) is 56.8 Å². The fraction of sp³-hybridized carbons (Fsp3) is 0.824. The number of allylic oxidation sites excluding steroid dienone is 2. The second-order valence-corrected chi connectivity index (χ2v) is 30.9. The van der Waals surface area contributed by atoms with Crippen LogP contribution < -0.4 is 4.74 Å². The molecule has 0 radical (unpaired) electrons. The van der Waals surface area contributed by atoms with E-state index >= 15 is 0 Å². The minimum absolute atomic E-state index is 0.0101. The third-order valence-electron chi connectivity index (χ3n) is 24.6. The predicted octanol–water partition coefficient (Wildman–Crippen LogP) is 1.67. The number of carboxylic acids is 1. The lowest BCUT2D eigenvalue weighted by atomic mass is 9.33. The van der Waals surface area contributed by atoms with E-state index in [1.54, 1.807) is 0 Å². The van der Waals surface area contributed by atoms with Crippen LogP contribution in [0.3, 0.4) is 0 Å². The number of aliphatic hydroxyl groups is 11. The number of carboxylic acid groups (broad SMARTS) is 1. The van der Waals surface area contributed by atoms with Gasteiger partial charge in [-0.2, -0.15) is 0 Å². The van der Waals surface area contributed by atoms with Crippen molar-refractivity contribution in [3.8, 4) is 11.5 Å². The summed E-state index contributed by atoms with van der Waals surface area (Å²) < 4.78 is 71.3. The summed E-state index contributed by atoms with van der Waals surface area (Å²) in [7, 11) is 1.36. The number of aliphatic carboxylic acids is 1. The smallest absolute Gasteiger partial charge is 0.331 e. The standard InChI is InChI=1S/C68H102O27/c1-30-44(72)49(77)52(80)57(88-30)86-28-38-47(75)50(78)56(93-43(71)16-12-32-11-14-37(84-10)35(69)25-32)61(90-38)91-39-29-87-58(51(79)48(39)76)94-54-45(73)31(2)89-59(53(54)81)95-55-46(74)36(70)27-85-60(55)92-42-18-19-65(7)40(64(42,5)6)17-20-67(9)41(65)15-13-33-34-26-63(3,4)21-23-68(34,62(82)83)24-22-66(33,67)8/h11-14,16,25,30-31,34,36,38-42,44-61,69-70,72-81H,15,17-24,26-29H2,1-10H3,(H,82,83). The summed E-state index contributed by atoms with van der Waals surface area (Å²) in [6, 6.07) is 4.27. The highest BCUT2D eigenvalue weighted by Gasteiger charge is 2.70. The maximum atomic E-state index is 13.4. The molecule has 1 aromatic rings. The SMILES string of the molecule is COc1ccc(C=CC(=O)OC2C(OC3COC(OC4C(O)C(C)OC(OC5C(OC6CCC7(C)C(CCC8(C)C7CC=C7C9CC(C)(C)CCC9(C(=O)O)CCC78C)C6(C)C)OCC(O)C5O)C4O)C(O)C3O)OC(COC3OC(C)C(O)C(O)C3O)C(O)C2O)cc1O.